The highest BCUT2D eigenvalue weighted by molar-refractivity contribution is 9.28. The molecule has 7 heteroatoms. The molecule has 1 aliphatic rings. The van der Waals surface area contributed by atoms with Gasteiger partial charge in [0, 0.05) is 6.04 Å². The van der Waals surface area contributed by atoms with E-state index < -0.39 is 16.6 Å². The number of amides is 1. The Labute approximate surface area is 192 Å². The number of carbonyl (C=O) groups is 1. The van der Waals surface area contributed by atoms with Crippen molar-refractivity contribution in [1.82, 2.24) is 4.57 Å². The minimum atomic E-state index is -1.96. The Morgan fingerprint density at radius 3 is 1.86 bits per heavy atom. The Kier molecular flexibility index (Phi) is 8.17. The molecule has 1 fully saturated rings. The van der Waals surface area contributed by atoms with Crippen molar-refractivity contribution in [2.75, 3.05) is 0 Å². The van der Waals surface area contributed by atoms with Crippen molar-refractivity contribution in [3.05, 3.63) is 9.47 Å². The van der Waals surface area contributed by atoms with Crippen molar-refractivity contribution in [2.45, 2.75) is 104 Å². The smallest absolute Gasteiger partial charge is 0.222 e. The maximum atomic E-state index is 13.5. The van der Waals surface area contributed by atoms with Crippen molar-refractivity contribution in [1.29, 1.82) is 0 Å². The summed E-state index contributed by atoms with van der Waals surface area (Å²) in [5, 5.41) is 0.248. The minimum Gasteiger partial charge on any atom is -0.413 e. The third-order valence-electron chi connectivity index (χ3n) is 7.35. The van der Waals surface area contributed by atoms with Gasteiger partial charge in [0.2, 0.25) is 5.91 Å². The van der Waals surface area contributed by atoms with Gasteiger partial charge in [-0.1, -0.05) is 67.6 Å². The van der Waals surface area contributed by atoms with Crippen LogP contribution in [0.4, 0.5) is 0 Å². The van der Waals surface area contributed by atoms with Crippen LogP contribution in [0.3, 0.4) is 0 Å². The number of hydrogen-bond donors (Lipinski definition) is 0. The third-order valence-corrected chi connectivity index (χ3v) is 17.8. The Balaban J connectivity index is 3.28. The van der Waals surface area contributed by atoms with Crippen LogP contribution >= 0.6 is 31.9 Å². The second-order valence-corrected chi connectivity index (χ2v) is 24.1. The van der Waals surface area contributed by atoms with Crippen LogP contribution in [0.15, 0.2) is 9.47 Å². The number of nitrogens with zero attached hydrogens (tertiary/aromatic N) is 1. The molecule has 0 spiro atoms. The van der Waals surface area contributed by atoms with Gasteiger partial charge >= 0.3 is 0 Å². The SMILES string of the molecule is C[C@@H](C=C(Br)Br)[C@@H]1[C@@H]([C@@H](C)O[Si](C)(C)C(C)(C)C)C(=O)N1[Si](C)(C)C(C)(C)C. The van der Waals surface area contributed by atoms with Crippen molar-refractivity contribution in [3.63, 3.8) is 0 Å². The molecule has 0 aromatic carbocycles. The van der Waals surface area contributed by atoms with Crippen LogP contribution in [0.25, 0.3) is 0 Å². The lowest BCUT2D eigenvalue weighted by molar-refractivity contribution is -0.156. The lowest BCUT2D eigenvalue weighted by atomic mass is 9.79. The fraction of sp³-hybridized carbons (Fsp3) is 0.857. The lowest BCUT2D eigenvalue weighted by Gasteiger charge is -2.61. The predicted octanol–water partition coefficient (Wildman–Crippen LogP) is 7.50. The van der Waals surface area contributed by atoms with E-state index in [1.165, 1.54) is 0 Å². The first kappa shape index (κ1) is 26.6. The molecule has 0 aromatic heterocycles. The van der Waals surface area contributed by atoms with Crippen LogP contribution in [-0.4, -0.2) is 39.2 Å². The van der Waals surface area contributed by atoms with E-state index in [1.54, 1.807) is 0 Å². The molecular weight excluding hydrogens is 514 g/mol. The molecule has 0 aromatic rings. The van der Waals surface area contributed by atoms with Gasteiger partial charge in [0.15, 0.2) is 16.6 Å². The van der Waals surface area contributed by atoms with Crippen LogP contribution in [0.5, 0.6) is 0 Å². The van der Waals surface area contributed by atoms with Gasteiger partial charge in [-0.3, -0.25) is 4.79 Å². The molecular formula is C21H41Br2NO2Si2. The average Bonchev–Trinajstić information content (AvgIpc) is 2.39. The van der Waals surface area contributed by atoms with E-state index in [4.69, 9.17) is 4.43 Å². The summed E-state index contributed by atoms with van der Waals surface area (Å²) < 4.78 is 9.87. The molecule has 3 nitrogen and oxygen atoms in total. The quantitative estimate of drug-likeness (QED) is 0.251. The summed E-state index contributed by atoms with van der Waals surface area (Å²) in [7, 11) is -3.90. The number of hydrogen-bond acceptors (Lipinski definition) is 2. The second kappa shape index (κ2) is 8.60. The summed E-state index contributed by atoms with van der Waals surface area (Å²) in [4.78, 5) is 13.5. The number of β-lactam (4-membered cyclic amide) rings is 1. The van der Waals surface area contributed by atoms with Gasteiger partial charge in [-0.25, -0.2) is 0 Å². The van der Waals surface area contributed by atoms with E-state index in [0.717, 1.165) is 3.39 Å². The molecule has 1 aliphatic heterocycles. The average molecular weight is 556 g/mol. The van der Waals surface area contributed by atoms with Gasteiger partial charge in [-0.2, -0.15) is 0 Å². The molecule has 0 unspecified atom stereocenters. The Bertz CT molecular complexity index is 617. The first-order valence-electron chi connectivity index (χ1n) is 10.3. The fourth-order valence-corrected chi connectivity index (χ4v) is 8.42. The standard InChI is InChI=1S/C21H41Br2NO2Si2/c1-14(13-16(22)23)18-17(15(2)26-28(11,12)21(6,7)8)19(25)24(18)27(9,10)20(3,4)5/h13-15,17-18H,1-12H3/t14-,15+,17+,18+/m0/s1. The van der Waals surface area contributed by atoms with Crippen LogP contribution < -0.4 is 0 Å². The van der Waals surface area contributed by atoms with Gasteiger partial charge in [0.25, 0.3) is 0 Å². The second-order valence-electron chi connectivity index (χ2n) is 11.4. The minimum absolute atomic E-state index is 0.0654. The molecule has 1 amide bonds. The van der Waals surface area contributed by atoms with Gasteiger partial charge in [0.05, 0.1) is 15.4 Å². The highest BCUT2D eigenvalue weighted by atomic mass is 79.9. The highest BCUT2D eigenvalue weighted by Gasteiger charge is 2.60. The number of halogens is 2. The molecule has 1 rings (SSSR count). The third kappa shape index (κ3) is 5.24. The molecule has 0 radical (unpaired) electrons. The van der Waals surface area contributed by atoms with E-state index >= 15 is 0 Å². The summed E-state index contributed by atoms with van der Waals surface area (Å²) in [5.74, 6) is 0.457. The molecule has 1 heterocycles. The zero-order valence-electron chi connectivity index (χ0n) is 19.9. The van der Waals surface area contributed by atoms with E-state index in [2.05, 4.69) is 124 Å². The zero-order valence-corrected chi connectivity index (χ0v) is 25.1. The topological polar surface area (TPSA) is 29.5 Å². The number of carbonyl (C=O) groups excluding carboxylic acids is 1. The monoisotopic (exact) mass is 553 g/mol. The predicted molar refractivity (Wildman–Crippen MR) is 134 cm³/mol. The van der Waals surface area contributed by atoms with E-state index in [1.807, 2.05) is 0 Å². The van der Waals surface area contributed by atoms with E-state index in [9.17, 15) is 4.79 Å². The van der Waals surface area contributed by atoms with Crippen LogP contribution in [-0.2, 0) is 9.22 Å². The Hall–Kier alpha value is 0.564. The molecule has 4 atom stereocenters. The van der Waals surface area contributed by atoms with Crippen LogP contribution in [0.1, 0.15) is 55.4 Å². The Morgan fingerprint density at radius 1 is 1.04 bits per heavy atom. The largest absolute Gasteiger partial charge is 0.413 e. The molecule has 1 saturated heterocycles. The molecule has 0 aliphatic carbocycles. The van der Waals surface area contributed by atoms with Gasteiger partial charge < -0.3 is 8.99 Å². The normalized spacial score (nSPS) is 23.9. The van der Waals surface area contributed by atoms with Gasteiger partial charge in [-0.05, 0) is 67.9 Å². The molecule has 0 saturated carbocycles. The lowest BCUT2D eigenvalue weighted by Crippen LogP contribution is -2.76. The summed E-state index contributed by atoms with van der Waals surface area (Å²) in [6, 6.07) is 0.179. The van der Waals surface area contributed by atoms with E-state index in [0.29, 0.717) is 0 Å². The maximum absolute atomic E-state index is 13.5. The van der Waals surface area contributed by atoms with Crippen molar-refractivity contribution >= 4 is 54.3 Å². The molecule has 164 valence electrons. The summed E-state index contributed by atoms with van der Waals surface area (Å²) >= 11 is 7.03. The fourth-order valence-electron chi connectivity index (χ4n) is 3.59. The summed E-state index contributed by atoms with van der Waals surface area (Å²) in [6.45, 7) is 27.1. The van der Waals surface area contributed by atoms with Gasteiger partial charge in [-0.15, -0.1) is 0 Å². The van der Waals surface area contributed by atoms with Crippen LogP contribution in [0, 0.1) is 11.8 Å². The summed E-state index contributed by atoms with van der Waals surface area (Å²) in [6.07, 6.45) is 2.10. The molecule has 0 N–H and O–H groups in total. The summed E-state index contributed by atoms with van der Waals surface area (Å²) in [5.41, 5.74) is 0. The molecule has 0 bridgehead atoms. The zero-order chi connectivity index (χ0) is 22.5. The maximum Gasteiger partial charge on any atom is 0.222 e. The first-order valence-corrected chi connectivity index (χ1v) is 17.7. The van der Waals surface area contributed by atoms with Crippen LogP contribution in [0.2, 0.25) is 36.3 Å². The number of rotatable bonds is 6. The first-order chi connectivity index (χ1) is 12.3. The van der Waals surface area contributed by atoms with Gasteiger partial charge in [0.1, 0.15) is 0 Å². The van der Waals surface area contributed by atoms with Crippen molar-refractivity contribution in [3.8, 4) is 0 Å². The van der Waals surface area contributed by atoms with Crippen molar-refractivity contribution in [2.24, 2.45) is 11.8 Å². The van der Waals surface area contributed by atoms with E-state index in [-0.39, 0.29) is 40.0 Å². The highest BCUT2D eigenvalue weighted by Crippen LogP contribution is 2.49. The molecule has 28 heavy (non-hydrogen) atoms. The Morgan fingerprint density at radius 2 is 1.50 bits per heavy atom. The van der Waals surface area contributed by atoms with Crippen molar-refractivity contribution < 1.29 is 9.22 Å².